The van der Waals surface area contributed by atoms with E-state index < -0.39 is 6.04 Å². The van der Waals surface area contributed by atoms with Gasteiger partial charge in [-0.2, -0.15) is 0 Å². The van der Waals surface area contributed by atoms with Crippen LogP contribution in [0, 0.1) is 0 Å². The Bertz CT molecular complexity index is 1290. The van der Waals surface area contributed by atoms with Gasteiger partial charge in [-0.15, -0.1) is 0 Å². The molecule has 0 aromatic heterocycles. The summed E-state index contributed by atoms with van der Waals surface area (Å²) in [6, 6.07) is 18.7. The Balaban J connectivity index is 1.61. The Hall–Kier alpha value is -3.64. The molecule has 2 atom stereocenters. The molecule has 0 fully saturated rings. The highest BCUT2D eigenvalue weighted by molar-refractivity contribution is 6.32. The molecule has 0 radical (unpaired) electrons. The van der Waals surface area contributed by atoms with Gasteiger partial charge in [0.25, 0.3) is 0 Å². The van der Waals surface area contributed by atoms with Gasteiger partial charge >= 0.3 is 0 Å². The second-order valence-corrected chi connectivity index (χ2v) is 8.90. The van der Waals surface area contributed by atoms with E-state index in [1.165, 1.54) is 7.11 Å². The topological polar surface area (TPSA) is 79.8 Å². The smallest absolute Gasteiger partial charge is 0.176 e. The Morgan fingerprint density at radius 1 is 0.941 bits per heavy atom. The molecular weight excluding hydrogens is 452 g/mol. The van der Waals surface area contributed by atoms with E-state index >= 15 is 0 Å². The van der Waals surface area contributed by atoms with Crippen LogP contribution in [0.5, 0.6) is 17.2 Å². The third-order valence-electron chi connectivity index (χ3n) is 6.50. The van der Waals surface area contributed by atoms with Gasteiger partial charge in [-0.05, 0) is 59.9 Å². The lowest BCUT2D eigenvalue weighted by atomic mass is 9.78. The van der Waals surface area contributed by atoms with Crippen LogP contribution in [0.1, 0.15) is 35.9 Å². The molecule has 5 rings (SSSR count). The number of hydrogen-bond donors (Lipinski definition) is 3. The minimum Gasteiger partial charge on any atom is -0.503 e. The molecule has 0 spiro atoms. The summed E-state index contributed by atoms with van der Waals surface area (Å²) in [5.74, 6) is 1.03. The van der Waals surface area contributed by atoms with Crippen LogP contribution in [-0.4, -0.2) is 25.1 Å². The number of carbonyl (C=O) groups is 1. The third kappa shape index (κ3) is 3.94. The molecule has 7 heteroatoms. The number of methoxy groups -OCH3 is 2. The van der Waals surface area contributed by atoms with Gasteiger partial charge in [-0.25, -0.2) is 0 Å². The third-order valence-corrected chi connectivity index (χ3v) is 6.79. The Morgan fingerprint density at radius 2 is 1.68 bits per heavy atom. The first-order valence-electron chi connectivity index (χ1n) is 11.1. The predicted molar refractivity (Wildman–Crippen MR) is 133 cm³/mol. The summed E-state index contributed by atoms with van der Waals surface area (Å²) in [7, 11) is 3.11. The number of halogens is 1. The van der Waals surface area contributed by atoms with Crippen LogP contribution in [0.3, 0.4) is 0 Å². The summed E-state index contributed by atoms with van der Waals surface area (Å²) in [5, 5.41) is 17.5. The average molecular weight is 477 g/mol. The molecule has 0 amide bonds. The summed E-state index contributed by atoms with van der Waals surface area (Å²) in [6.45, 7) is 0. The molecule has 174 valence electrons. The van der Waals surface area contributed by atoms with E-state index in [2.05, 4.69) is 10.6 Å². The Labute approximate surface area is 203 Å². The van der Waals surface area contributed by atoms with Gasteiger partial charge in [-0.3, -0.25) is 4.79 Å². The van der Waals surface area contributed by atoms with E-state index in [0.29, 0.717) is 18.4 Å². The number of hydrogen-bond acceptors (Lipinski definition) is 6. The van der Waals surface area contributed by atoms with Gasteiger partial charge in [0.1, 0.15) is 5.75 Å². The van der Waals surface area contributed by atoms with Crippen LogP contribution < -0.4 is 20.1 Å². The van der Waals surface area contributed by atoms with E-state index in [9.17, 15) is 9.90 Å². The highest BCUT2D eigenvalue weighted by atomic mass is 35.5. The highest BCUT2D eigenvalue weighted by Crippen LogP contribution is 2.46. The molecule has 1 aliphatic heterocycles. The van der Waals surface area contributed by atoms with Crippen molar-refractivity contribution in [2.75, 3.05) is 24.9 Å². The number of fused-ring (bicyclic) bond motifs is 1. The van der Waals surface area contributed by atoms with Crippen molar-refractivity contribution in [2.24, 2.45) is 0 Å². The first-order valence-corrected chi connectivity index (χ1v) is 11.5. The molecular formula is C27H25ClN2O4. The fraction of sp³-hybridized carbons (Fsp3) is 0.222. The highest BCUT2D eigenvalue weighted by Gasteiger charge is 2.36. The largest absolute Gasteiger partial charge is 0.503 e. The minimum atomic E-state index is -0.456. The van der Waals surface area contributed by atoms with Crippen LogP contribution in [-0.2, 0) is 4.79 Å². The SMILES string of the molecule is COc1ccc([C@H]2CC(=O)C3=C(C2)Nc2ccccc2N[C@H]3c2cc(Cl)c(O)c(OC)c2)cc1. The number of nitrogens with one attached hydrogen (secondary N) is 2. The van der Waals surface area contributed by atoms with Crippen LogP contribution in [0.4, 0.5) is 11.4 Å². The van der Waals surface area contributed by atoms with Crippen LogP contribution in [0.2, 0.25) is 5.02 Å². The zero-order valence-corrected chi connectivity index (χ0v) is 19.6. The standard InChI is InChI=1S/C27H25ClN2O4/c1-33-18-9-7-15(8-10-18)16-12-22-25(23(31)13-16)26(30-21-6-4-3-5-20(21)29-22)17-11-19(28)27(32)24(14-17)34-2/h3-11,14,16,26,29-30,32H,12-13H2,1-2H3/t16-,26+/m1/s1. The lowest BCUT2D eigenvalue weighted by molar-refractivity contribution is -0.116. The van der Waals surface area contributed by atoms with Crippen molar-refractivity contribution < 1.29 is 19.4 Å². The maximum atomic E-state index is 13.7. The number of benzene rings is 3. The quantitative estimate of drug-likeness (QED) is 0.426. The number of ketones is 1. The normalized spacial score (nSPS) is 19.3. The number of rotatable bonds is 4. The van der Waals surface area contributed by atoms with E-state index in [1.807, 2.05) is 48.5 Å². The van der Waals surface area contributed by atoms with Crippen LogP contribution in [0.25, 0.3) is 0 Å². The van der Waals surface area contributed by atoms with Gasteiger partial charge in [-0.1, -0.05) is 35.9 Å². The van der Waals surface area contributed by atoms with Gasteiger partial charge in [0.2, 0.25) is 0 Å². The summed E-state index contributed by atoms with van der Waals surface area (Å²) >= 11 is 6.31. The molecule has 1 aliphatic carbocycles. The van der Waals surface area contributed by atoms with Crippen molar-refractivity contribution in [3.63, 3.8) is 0 Å². The molecule has 0 bridgehead atoms. The zero-order valence-electron chi connectivity index (χ0n) is 18.9. The number of Topliss-reactive ketones (excluding diaryl/α,β-unsaturated/α-hetero) is 1. The first-order chi connectivity index (χ1) is 16.5. The Kier molecular flexibility index (Phi) is 5.84. The molecule has 2 aliphatic rings. The second-order valence-electron chi connectivity index (χ2n) is 8.50. The van der Waals surface area contributed by atoms with Crippen molar-refractivity contribution in [1.82, 2.24) is 0 Å². The number of ether oxygens (including phenoxy) is 2. The number of aromatic hydroxyl groups is 1. The monoisotopic (exact) mass is 476 g/mol. The van der Waals surface area contributed by atoms with Crippen LogP contribution >= 0.6 is 11.6 Å². The number of carbonyl (C=O) groups excluding carboxylic acids is 1. The minimum absolute atomic E-state index is 0.0495. The van der Waals surface area contributed by atoms with Crippen LogP contribution in [0.15, 0.2) is 71.9 Å². The lowest BCUT2D eigenvalue weighted by Gasteiger charge is -2.30. The zero-order chi connectivity index (χ0) is 23.8. The second kappa shape index (κ2) is 8.95. The summed E-state index contributed by atoms with van der Waals surface area (Å²) in [6.07, 6.45) is 1.08. The van der Waals surface area contributed by atoms with Crippen molar-refractivity contribution in [3.05, 3.63) is 88.1 Å². The lowest BCUT2D eigenvalue weighted by Crippen LogP contribution is -2.27. The number of allylic oxidation sites excluding steroid dienone is 1. The molecule has 3 N–H and O–H groups in total. The van der Waals surface area contributed by atoms with E-state index in [0.717, 1.165) is 33.9 Å². The Morgan fingerprint density at radius 3 is 2.38 bits per heavy atom. The van der Waals surface area contributed by atoms with E-state index in [4.69, 9.17) is 21.1 Å². The van der Waals surface area contributed by atoms with E-state index in [-0.39, 0.29) is 28.2 Å². The first kappa shape index (κ1) is 22.2. The van der Waals surface area contributed by atoms with Gasteiger partial charge in [0.15, 0.2) is 17.3 Å². The number of para-hydroxylation sites is 2. The fourth-order valence-corrected chi connectivity index (χ4v) is 4.99. The number of phenolic OH excluding ortho intramolecular Hbond substituents is 1. The van der Waals surface area contributed by atoms with Crippen molar-refractivity contribution in [2.45, 2.75) is 24.8 Å². The molecule has 0 unspecified atom stereocenters. The number of phenols is 1. The molecule has 3 aromatic carbocycles. The van der Waals surface area contributed by atoms with Crippen molar-refractivity contribution in [3.8, 4) is 17.2 Å². The molecule has 6 nitrogen and oxygen atoms in total. The average Bonchev–Trinajstić information content (AvgIpc) is 3.02. The predicted octanol–water partition coefficient (Wildman–Crippen LogP) is 6.04. The molecule has 3 aromatic rings. The van der Waals surface area contributed by atoms with E-state index in [1.54, 1.807) is 19.2 Å². The molecule has 0 saturated carbocycles. The van der Waals surface area contributed by atoms with Gasteiger partial charge in [0, 0.05) is 17.7 Å². The summed E-state index contributed by atoms with van der Waals surface area (Å²) in [4.78, 5) is 13.7. The number of anilines is 2. The van der Waals surface area contributed by atoms with Gasteiger partial charge < -0.3 is 25.2 Å². The fourth-order valence-electron chi connectivity index (χ4n) is 4.77. The molecule has 1 heterocycles. The molecule has 0 saturated heterocycles. The van der Waals surface area contributed by atoms with Crippen molar-refractivity contribution in [1.29, 1.82) is 0 Å². The summed E-state index contributed by atoms with van der Waals surface area (Å²) < 4.78 is 10.6. The molecule has 34 heavy (non-hydrogen) atoms. The van der Waals surface area contributed by atoms with Gasteiger partial charge in [0.05, 0.1) is 36.7 Å². The maximum absolute atomic E-state index is 13.7. The summed E-state index contributed by atoms with van der Waals surface area (Å²) in [5.41, 5.74) is 5.16. The van der Waals surface area contributed by atoms with Crippen molar-refractivity contribution >= 4 is 28.8 Å². The maximum Gasteiger partial charge on any atom is 0.176 e.